The molecule has 1 aliphatic rings. The van der Waals surface area contributed by atoms with E-state index < -0.39 is 10.2 Å². The maximum absolute atomic E-state index is 10.5. The van der Waals surface area contributed by atoms with Gasteiger partial charge in [0.15, 0.2) is 0 Å². The predicted molar refractivity (Wildman–Crippen MR) is 57.1 cm³/mol. The molecule has 0 aliphatic carbocycles. The van der Waals surface area contributed by atoms with Gasteiger partial charge >= 0.3 is 0 Å². The third kappa shape index (κ3) is 2.67. The fourth-order valence-electron chi connectivity index (χ4n) is 1.52. The molecule has 6 nitrogen and oxygen atoms in total. The molecule has 1 heterocycles. The fraction of sp³-hybridized carbons (Fsp3) is 1.00. The summed E-state index contributed by atoms with van der Waals surface area (Å²) in [7, 11) is -3.61. The van der Waals surface area contributed by atoms with Crippen molar-refractivity contribution >= 4 is 10.2 Å². The SMILES string of the molecule is CC1(C)N(OCCNS(N)(=O)=O)C1(C)C. The summed E-state index contributed by atoms with van der Waals surface area (Å²) in [6, 6.07) is 0. The van der Waals surface area contributed by atoms with Crippen molar-refractivity contribution in [3.8, 4) is 0 Å². The number of hydroxylamine groups is 2. The van der Waals surface area contributed by atoms with E-state index >= 15 is 0 Å². The van der Waals surface area contributed by atoms with Gasteiger partial charge in [-0.1, -0.05) is 0 Å². The number of nitrogens with zero attached hydrogens (tertiary/aromatic N) is 1. The molecule has 7 heteroatoms. The third-order valence-corrected chi connectivity index (χ3v) is 3.69. The van der Waals surface area contributed by atoms with Gasteiger partial charge in [0.1, 0.15) is 0 Å². The monoisotopic (exact) mass is 237 g/mol. The lowest BCUT2D eigenvalue weighted by atomic mass is 10.0. The maximum Gasteiger partial charge on any atom is 0.274 e. The molecule has 0 atom stereocenters. The first-order valence-electron chi connectivity index (χ1n) is 4.80. The van der Waals surface area contributed by atoms with Crippen molar-refractivity contribution in [2.75, 3.05) is 13.2 Å². The lowest BCUT2D eigenvalue weighted by Gasteiger charge is -2.08. The molecular formula is C8H19N3O3S. The second-order valence-electron chi connectivity index (χ2n) is 4.68. The highest BCUT2D eigenvalue weighted by atomic mass is 32.2. The molecule has 0 aromatic carbocycles. The van der Waals surface area contributed by atoms with Crippen LogP contribution in [0.3, 0.4) is 0 Å². The van der Waals surface area contributed by atoms with Crippen LogP contribution in [0.15, 0.2) is 0 Å². The highest BCUT2D eigenvalue weighted by Crippen LogP contribution is 2.50. The Morgan fingerprint density at radius 1 is 1.27 bits per heavy atom. The number of nitrogens with two attached hydrogens (primary N) is 1. The molecule has 0 aromatic heterocycles. The second kappa shape index (κ2) is 3.67. The van der Waals surface area contributed by atoms with Gasteiger partial charge in [0.25, 0.3) is 10.2 Å². The quantitative estimate of drug-likeness (QED) is 0.502. The molecule has 0 spiro atoms. The van der Waals surface area contributed by atoms with Crippen molar-refractivity contribution in [1.29, 1.82) is 0 Å². The Balaban J connectivity index is 2.25. The first kappa shape index (κ1) is 12.9. The maximum atomic E-state index is 10.5. The zero-order chi connectivity index (χ0) is 11.9. The third-order valence-electron chi connectivity index (χ3n) is 3.09. The molecule has 0 unspecified atom stereocenters. The molecule has 0 amide bonds. The molecular weight excluding hydrogens is 218 g/mol. The zero-order valence-corrected chi connectivity index (χ0v) is 10.4. The summed E-state index contributed by atoms with van der Waals surface area (Å²) in [4.78, 5) is 5.43. The Hall–Kier alpha value is -0.210. The van der Waals surface area contributed by atoms with Crippen molar-refractivity contribution in [3.05, 3.63) is 0 Å². The van der Waals surface area contributed by atoms with Gasteiger partial charge in [-0.2, -0.15) is 13.5 Å². The zero-order valence-electron chi connectivity index (χ0n) is 9.57. The lowest BCUT2D eigenvalue weighted by Crippen LogP contribution is -2.34. The minimum absolute atomic E-state index is 0.00537. The van der Waals surface area contributed by atoms with Crippen molar-refractivity contribution in [2.24, 2.45) is 5.14 Å². The lowest BCUT2D eigenvalue weighted by molar-refractivity contribution is -0.101. The average Bonchev–Trinajstić information content (AvgIpc) is 2.36. The first-order valence-corrected chi connectivity index (χ1v) is 6.34. The standard InChI is InChI=1S/C8H19N3O3S/c1-7(2)8(3,4)11(7)14-6-5-10-15(9,12)13/h10H,5-6H2,1-4H3,(H2,9,12,13). The van der Waals surface area contributed by atoms with Crippen LogP contribution < -0.4 is 9.86 Å². The van der Waals surface area contributed by atoms with Gasteiger partial charge in [0.05, 0.1) is 17.7 Å². The Labute approximate surface area is 90.9 Å². The second-order valence-corrected chi connectivity index (χ2v) is 6.06. The van der Waals surface area contributed by atoms with Crippen LogP contribution >= 0.6 is 0 Å². The smallest absolute Gasteiger partial charge is 0.274 e. The molecule has 0 bridgehead atoms. The van der Waals surface area contributed by atoms with Gasteiger partial charge in [-0.25, -0.2) is 9.86 Å². The van der Waals surface area contributed by atoms with Gasteiger partial charge in [-0.05, 0) is 27.7 Å². The number of rotatable bonds is 5. The summed E-state index contributed by atoms with van der Waals surface area (Å²) >= 11 is 0. The molecule has 0 aromatic rings. The summed E-state index contributed by atoms with van der Waals surface area (Å²) in [5.41, 5.74) is -0.0107. The highest BCUT2D eigenvalue weighted by molar-refractivity contribution is 7.87. The van der Waals surface area contributed by atoms with Crippen LogP contribution in [0, 0.1) is 0 Å². The summed E-state index contributed by atoms with van der Waals surface area (Å²) in [5, 5.41) is 6.62. The Bertz CT molecular complexity index is 323. The van der Waals surface area contributed by atoms with Gasteiger partial charge in [0, 0.05) is 6.54 Å². The van der Waals surface area contributed by atoms with E-state index in [9.17, 15) is 8.42 Å². The largest absolute Gasteiger partial charge is 0.296 e. The van der Waals surface area contributed by atoms with Crippen molar-refractivity contribution in [3.63, 3.8) is 0 Å². The Morgan fingerprint density at radius 3 is 2.07 bits per heavy atom. The van der Waals surface area contributed by atoms with E-state index in [0.29, 0.717) is 0 Å². The summed E-state index contributed by atoms with van der Waals surface area (Å²) < 4.78 is 23.2. The molecule has 0 saturated carbocycles. The van der Waals surface area contributed by atoms with E-state index in [4.69, 9.17) is 9.98 Å². The first-order chi connectivity index (χ1) is 6.59. The molecule has 90 valence electrons. The molecule has 0 radical (unpaired) electrons. The van der Waals surface area contributed by atoms with E-state index in [2.05, 4.69) is 32.4 Å². The van der Waals surface area contributed by atoms with E-state index in [0.717, 1.165) is 0 Å². The van der Waals surface area contributed by atoms with Gasteiger partial charge in [0.2, 0.25) is 0 Å². The van der Waals surface area contributed by atoms with Crippen molar-refractivity contribution in [2.45, 2.75) is 38.8 Å². The normalized spacial score (nSPS) is 24.1. The number of nitrogens with one attached hydrogen (secondary N) is 1. The van der Waals surface area contributed by atoms with Crippen LogP contribution in [0.1, 0.15) is 27.7 Å². The molecule has 1 aliphatic heterocycles. The number of hydrogen-bond donors (Lipinski definition) is 2. The topological polar surface area (TPSA) is 84.4 Å². The molecule has 1 fully saturated rings. The molecule has 15 heavy (non-hydrogen) atoms. The Kier molecular flexibility index (Phi) is 3.15. The summed E-state index contributed by atoms with van der Waals surface area (Å²) in [5.74, 6) is 0. The van der Waals surface area contributed by atoms with Gasteiger partial charge in [-0.15, -0.1) is 0 Å². The molecule has 3 N–H and O–H groups in total. The van der Waals surface area contributed by atoms with Gasteiger partial charge in [-0.3, -0.25) is 4.84 Å². The van der Waals surface area contributed by atoms with Crippen LogP contribution in [0.25, 0.3) is 0 Å². The van der Waals surface area contributed by atoms with Crippen LogP contribution in [0.2, 0.25) is 0 Å². The summed E-state index contributed by atoms with van der Waals surface area (Å²) in [6.07, 6.45) is 0. The molecule has 1 rings (SSSR count). The van der Waals surface area contributed by atoms with E-state index in [1.807, 2.05) is 5.06 Å². The van der Waals surface area contributed by atoms with Crippen LogP contribution in [-0.4, -0.2) is 37.7 Å². The van der Waals surface area contributed by atoms with E-state index in [1.165, 1.54) is 0 Å². The number of hydrogen-bond acceptors (Lipinski definition) is 4. The van der Waals surface area contributed by atoms with Crippen molar-refractivity contribution in [1.82, 2.24) is 9.79 Å². The minimum atomic E-state index is -3.61. The van der Waals surface area contributed by atoms with Crippen LogP contribution in [0.4, 0.5) is 0 Å². The Morgan fingerprint density at radius 2 is 1.73 bits per heavy atom. The average molecular weight is 237 g/mol. The van der Waals surface area contributed by atoms with Gasteiger partial charge < -0.3 is 0 Å². The summed E-state index contributed by atoms with van der Waals surface area (Å²) in [6.45, 7) is 8.74. The van der Waals surface area contributed by atoms with Crippen LogP contribution in [0.5, 0.6) is 0 Å². The van der Waals surface area contributed by atoms with E-state index in [1.54, 1.807) is 0 Å². The highest BCUT2D eigenvalue weighted by Gasteiger charge is 2.64. The van der Waals surface area contributed by atoms with Crippen molar-refractivity contribution < 1.29 is 13.3 Å². The van der Waals surface area contributed by atoms with E-state index in [-0.39, 0.29) is 24.2 Å². The fourth-order valence-corrected chi connectivity index (χ4v) is 1.89. The molecule has 1 saturated heterocycles. The minimum Gasteiger partial charge on any atom is -0.296 e. The predicted octanol–water partition coefficient (Wildman–Crippen LogP) is -0.416. The van der Waals surface area contributed by atoms with Crippen LogP contribution in [-0.2, 0) is 15.0 Å².